The SMILES string of the molecule is CC(C)(C)CCNC1C2CCCOC2C1(C)C. The van der Waals surface area contributed by atoms with Crippen LogP contribution in [0.1, 0.15) is 53.9 Å². The van der Waals surface area contributed by atoms with E-state index in [9.17, 15) is 0 Å². The van der Waals surface area contributed by atoms with Crippen molar-refractivity contribution in [1.29, 1.82) is 0 Å². The molecule has 3 atom stereocenters. The number of ether oxygens (including phenoxy) is 1. The molecule has 0 aromatic carbocycles. The van der Waals surface area contributed by atoms with E-state index in [0.717, 1.165) is 19.1 Å². The van der Waals surface area contributed by atoms with Gasteiger partial charge < -0.3 is 10.1 Å². The molecule has 1 saturated heterocycles. The molecule has 2 fully saturated rings. The standard InChI is InChI=1S/C15H29NO/c1-14(2,3)8-9-16-12-11-7-6-10-17-13(11)15(12,4)5/h11-13,16H,6-10H2,1-5H3. The molecule has 0 spiro atoms. The maximum absolute atomic E-state index is 5.93. The van der Waals surface area contributed by atoms with Gasteiger partial charge in [-0.05, 0) is 31.2 Å². The van der Waals surface area contributed by atoms with E-state index in [1.807, 2.05) is 0 Å². The summed E-state index contributed by atoms with van der Waals surface area (Å²) in [5.74, 6) is 0.763. The molecule has 2 heteroatoms. The zero-order valence-corrected chi connectivity index (χ0v) is 12.2. The lowest BCUT2D eigenvalue weighted by atomic mass is 9.55. The van der Waals surface area contributed by atoms with Crippen molar-refractivity contribution in [2.75, 3.05) is 13.2 Å². The Morgan fingerprint density at radius 3 is 2.65 bits per heavy atom. The summed E-state index contributed by atoms with van der Waals surface area (Å²) in [6.07, 6.45) is 4.34. The van der Waals surface area contributed by atoms with Gasteiger partial charge in [0, 0.05) is 24.0 Å². The average molecular weight is 239 g/mol. The van der Waals surface area contributed by atoms with E-state index in [1.54, 1.807) is 0 Å². The fourth-order valence-corrected chi connectivity index (χ4v) is 3.54. The van der Waals surface area contributed by atoms with Crippen LogP contribution < -0.4 is 5.32 Å². The molecule has 0 aromatic heterocycles. The molecule has 1 heterocycles. The molecular formula is C15H29NO. The quantitative estimate of drug-likeness (QED) is 0.816. The van der Waals surface area contributed by atoms with Crippen LogP contribution >= 0.6 is 0 Å². The van der Waals surface area contributed by atoms with Crippen LogP contribution in [0.5, 0.6) is 0 Å². The second-order valence-corrected chi connectivity index (χ2v) is 7.66. The summed E-state index contributed by atoms with van der Waals surface area (Å²) in [6, 6.07) is 0.662. The lowest BCUT2D eigenvalue weighted by Gasteiger charge is -2.60. The normalized spacial score (nSPS) is 36.2. The minimum Gasteiger partial charge on any atom is -0.377 e. The number of rotatable bonds is 3. The summed E-state index contributed by atoms with van der Waals surface area (Å²) in [7, 11) is 0. The third-order valence-electron chi connectivity index (χ3n) is 4.57. The fourth-order valence-electron chi connectivity index (χ4n) is 3.54. The minimum atomic E-state index is 0.322. The Labute approximate surface area is 107 Å². The third kappa shape index (κ3) is 2.68. The second-order valence-electron chi connectivity index (χ2n) is 7.66. The lowest BCUT2D eigenvalue weighted by Crippen LogP contribution is -2.69. The van der Waals surface area contributed by atoms with Crippen LogP contribution in [0.25, 0.3) is 0 Å². The van der Waals surface area contributed by atoms with E-state index in [1.165, 1.54) is 19.3 Å². The Hall–Kier alpha value is -0.0800. The molecule has 0 aromatic rings. The van der Waals surface area contributed by atoms with Crippen molar-refractivity contribution < 1.29 is 4.74 Å². The molecule has 1 aliphatic heterocycles. The summed E-state index contributed by atoms with van der Waals surface area (Å²) >= 11 is 0. The van der Waals surface area contributed by atoms with Gasteiger partial charge in [-0.25, -0.2) is 0 Å². The maximum atomic E-state index is 5.93. The number of hydrogen-bond donors (Lipinski definition) is 1. The highest BCUT2D eigenvalue weighted by Gasteiger charge is 2.57. The van der Waals surface area contributed by atoms with Gasteiger partial charge in [-0.1, -0.05) is 34.6 Å². The van der Waals surface area contributed by atoms with Crippen LogP contribution in [0.4, 0.5) is 0 Å². The van der Waals surface area contributed by atoms with Crippen LogP contribution in [0.3, 0.4) is 0 Å². The fraction of sp³-hybridized carbons (Fsp3) is 1.00. The molecule has 1 N–H and O–H groups in total. The van der Waals surface area contributed by atoms with Crippen molar-refractivity contribution >= 4 is 0 Å². The average Bonchev–Trinajstić information content (AvgIpc) is 2.23. The number of hydrogen-bond acceptors (Lipinski definition) is 2. The van der Waals surface area contributed by atoms with E-state index in [0.29, 0.717) is 23.0 Å². The van der Waals surface area contributed by atoms with E-state index in [-0.39, 0.29) is 0 Å². The second kappa shape index (κ2) is 4.55. The first-order valence-corrected chi connectivity index (χ1v) is 7.17. The Morgan fingerprint density at radius 2 is 2.00 bits per heavy atom. The smallest absolute Gasteiger partial charge is 0.0684 e. The van der Waals surface area contributed by atoms with Gasteiger partial charge in [-0.15, -0.1) is 0 Å². The highest BCUT2D eigenvalue weighted by Crippen LogP contribution is 2.51. The summed E-state index contributed by atoms with van der Waals surface area (Å²) < 4.78 is 5.93. The van der Waals surface area contributed by atoms with E-state index in [4.69, 9.17) is 4.74 Å². The summed E-state index contributed by atoms with van der Waals surface area (Å²) in [6.45, 7) is 13.8. The first-order valence-electron chi connectivity index (χ1n) is 7.17. The molecule has 1 saturated carbocycles. The van der Waals surface area contributed by atoms with Crippen LogP contribution in [-0.4, -0.2) is 25.3 Å². The first kappa shape index (κ1) is 13.4. The van der Waals surface area contributed by atoms with Gasteiger partial charge in [0.2, 0.25) is 0 Å². The maximum Gasteiger partial charge on any atom is 0.0684 e. The summed E-state index contributed by atoms with van der Waals surface area (Å²) in [5.41, 5.74) is 0.756. The van der Waals surface area contributed by atoms with E-state index < -0.39 is 0 Å². The van der Waals surface area contributed by atoms with Crippen LogP contribution in [0.15, 0.2) is 0 Å². The predicted octanol–water partition coefficient (Wildman–Crippen LogP) is 3.22. The third-order valence-corrected chi connectivity index (χ3v) is 4.57. The van der Waals surface area contributed by atoms with Crippen LogP contribution in [-0.2, 0) is 4.74 Å². The topological polar surface area (TPSA) is 21.3 Å². The molecule has 1 aliphatic carbocycles. The van der Waals surface area contributed by atoms with Gasteiger partial charge in [0.05, 0.1) is 6.10 Å². The van der Waals surface area contributed by atoms with Gasteiger partial charge in [0.1, 0.15) is 0 Å². The minimum absolute atomic E-state index is 0.322. The predicted molar refractivity (Wildman–Crippen MR) is 72.1 cm³/mol. The van der Waals surface area contributed by atoms with Crippen molar-refractivity contribution in [3.8, 4) is 0 Å². The number of fused-ring (bicyclic) bond motifs is 1. The summed E-state index contributed by atoms with van der Waals surface area (Å²) in [4.78, 5) is 0. The molecule has 100 valence electrons. The van der Waals surface area contributed by atoms with Gasteiger partial charge in [0.15, 0.2) is 0 Å². The van der Waals surface area contributed by atoms with Crippen molar-refractivity contribution in [3.05, 3.63) is 0 Å². The number of nitrogens with one attached hydrogen (secondary N) is 1. The Kier molecular flexibility index (Phi) is 3.57. The molecule has 0 bridgehead atoms. The molecule has 0 radical (unpaired) electrons. The zero-order chi connectivity index (χ0) is 12.7. The molecule has 3 unspecified atom stereocenters. The van der Waals surface area contributed by atoms with Gasteiger partial charge in [-0.2, -0.15) is 0 Å². The Morgan fingerprint density at radius 1 is 1.29 bits per heavy atom. The van der Waals surface area contributed by atoms with Crippen molar-refractivity contribution in [2.24, 2.45) is 16.7 Å². The van der Waals surface area contributed by atoms with Crippen LogP contribution in [0, 0.1) is 16.7 Å². The van der Waals surface area contributed by atoms with Gasteiger partial charge in [-0.3, -0.25) is 0 Å². The van der Waals surface area contributed by atoms with Gasteiger partial charge in [0.25, 0.3) is 0 Å². The lowest BCUT2D eigenvalue weighted by molar-refractivity contribution is -0.192. The van der Waals surface area contributed by atoms with E-state index in [2.05, 4.69) is 39.9 Å². The summed E-state index contributed by atoms with van der Waals surface area (Å²) in [5, 5.41) is 3.79. The molecule has 2 aliphatic rings. The van der Waals surface area contributed by atoms with Crippen molar-refractivity contribution in [3.63, 3.8) is 0 Å². The largest absolute Gasteiger partial charge is 0.377 e. The highest BCUT2D eigenvalue weighted by atomic mass is 16.5. The molecule has 0 amide bonds. The van der Waals surface area contributed by atoms with Crippen molar-refractivity contribution in [1.82, 2.24) is 5.32 Å². The molecule has 2 rings (SSSR count). The zero-order valence-electron chi connectivity index (χ0n) is 12.2. The Bertz CT molecular complexity index is 267. The monoisotopic (exact) mass is 239 g/mol. The molecule has 17 heavy (non-hydrogen) atoms. The highest BCUT2D eigenvalue weighted by molar-refractivity contribution is 5.10. The molecule has 2 nitrogen and oxygen atoms in total. The molecular weight excluding hydrogens is 210 g/mol. The Balaban J connectivity index is 1.84. The van der Waals surface area contributed by atoms with Crippen molar-refractivity contribution in [2.45, 2.75) is 66.0 Å². The first-order chi connectivity index (χ1) is 7.82. The van der Waals surface area contributed by atoms with Crippen LogP contribution in [0.2, 0.25) is 0 Å². The van der Waals surface area contributed by atoms with E-state index >= 15 is 0 Å². The van der Waals surface area contributed by atoms with Gasteiger partial charge >= 0.3 is 0 Å².